The number of methoxy groups -OCH3 is 1. The van der Waals surface area contributed by atoms with Gasteiger partial charge in [0.05, 0.1) is 24.3 Å². The predicted molar refractivity (Wildman–Crippen MR) is 108 cm³/mol. The molecule has 0 bridgehead atoms. The van der Waals surface area contributed by atoms with Crippen LogP contribution in [-0.2, 0) is 21.2 Å². The van der Waals surface area contributed by atoms with Gasteiger partial charge in [-0.25, -0.2) is 12.7 Å². The lowest BCUT2D eigenvalue weighted by molar-refractivity contribution is -0.116. The number of sulfonamides is 1. The number of benzene rings is 2. The number of hydrogen-bond acceptors (Lipinski definition) is 5. The summed E-state index contributed by atoms with van der Waals surface area (Å²) in [5, 5.41) is 2.83. The van der Waals surface area contributed by atoms with Gasteiger partial charge in [-0.05, 0) is 49.2 Å². The van der Waals surface area contributed by atoms with Crippen LogP contribution in [0.5, 0.6) is 11.5 Å². The summed E-state index contributed by atoms with van der Waals surface area (Å²) in [7, 11) is 0.898. The summed E-state index contributed by atoms with van der Waals surface area (Å²) < 4.78 is 36.7. The normalized spacial score (nSPS) is 11.3. The smallest absolute Gasteiger partial charge is 0.242 e. The molecule has 1 N–H and O–H groups in total. The van der Waals surface area contributed by atoms with E-state index in [2.05, 4.69) is 5.32 Å². The molecule has 0 aliphatic rings. The third-order valence-corrected chi connectivity index (χ3v) is 5.92. The number of carbonyl (C=O) groups is 1. The highest BCUT2D eigenvalue weighted by Crippen LogP contribution is 2.26. The van der Waals surface area contributed by atoms with E-state index >= 15 is 0 Å². The van der Waals surface area contributed by atoms with Crippen LogP contribution < -0.4 is 14.8 Å². The van der Waals surface area contributed by atoms with Gasteiger partial charge in [-0.1, -0.05) is 12.1 Å². The molecule has 0 atom stereocenters. The maximum absolute atomic E-state index is 12.4. The van der Waals surface area contributed by atoms with Gasteiger partial charge in [-0.3, -0.25) is 4.79 Å². The number of amides is 1. The zero-order valence-electron chi connectivity index (χ0n) is 16.6. The lowest BCUT2D eigenvalue weighted by Gasteiger charge is -2.15. The van der Waals surface area contributed by atoms with Crippen molar-refractivity contribution in [2.24, 2.45) is 0 Å². The Kier molecular flexibility index (Phi) is 7.42. The van der Waals surface area contributed by atoms with Crippen molar-refractivity contribution in [1.82, 2.24) is 4.31 Å². The molecule has 0 radical (unpaired) electrons. The van der Waals surface area contributed by atoms with Gasteiger partial charge in [-0.2, -0.15) is 0 Å². The molecule has 2 rings (SSSR count). The summed E-state index contributed by atoms with van der Waals surface area (Å²) in [5.41, 5.74) is 1.25. The van der Waals surface area contributed by atoms with E-state index in [4.69, 9.17) is 9.47 Å². The maximum atomic E-state index is 12.4. The number of carbonyl (C=O) groups excluding carboxylic acids is 1. The molecule has 28 heavy (non-hydrogen) atoms. The fraction of sp³-hybridized carbons (Fsp3) is 0.350. The second kappa shape index (κ2) is 9.57. The number of para-hydroxylation sites is 2. The number of anilines is 1. The molecule has 0 aliphatic carbocycles. The quantitative estimate of drug-likeness (QED) is 0.692. The Morgan fingerprint density at radius 1 is 1.11 bits per heavy atom. The minimum absolute atomic E-state index is 0.162. The highest BCUT2D eigenvalue weighted by atomic mass is 32.2. The molecule has 0 saturated heterocycles. The lowest BCUT2D eigenvalue weighted by Crippen LogP contribution is -2.22. The van der Waals surface area contributed by atoms with Crippen LogP contribution in [0, 0.1) is 0 Å². The van der Waals surface area contributed by atoms with Gasteiger partial charge in [0.2, 0.25) is 15.9 Å². The first-order chi connectivity index (χ1) is 13.3. The summed E-state index contributed by atoms with van der Waals surface area (Å²) in [6.07, 6.45) is 0.505. The van der Waals surface area contributed by atoms with Gasteiger partial charge in [0.1, 0.15) is 11.5 Å². The molecule has 8 heteroatoms. The van der Waals surface area contributed by atoms with Gasteiger partial charge in [0.15, 0.2) is 0 Å². The molecule has 0 fully saturated rings. The van der Waals surface area contributed by atoms with Gasteiger partial charge < -0.3 is 14.8 Å². The molecule has 0 unspecified atom stereocenters. The van der Waals surface area contributed by atoms with E-state index in [9.17, 15) is 13.2 Å². The molecule has 0 aromatic heterocycles. The third kappa shape index (κ3) is 5.24. The third-order valence-electron chi connectivity index (χ3n) is 4.11. The minimum Gasteiger partial charge on any atom is -0.496 e. The van der Waals surface area contributed by atoms with Crippen molar-refractivity contribution in [3.63, 3.8) is 0 Å². The lowest BCUT2D eigenvalue weighted by atomic mass is 10.1. The summed E-state index contributed by atoms with van der Waals surface area (Å²) in [6, 6.07) is 11.9. The van der Waals surface area contributed by atoms with Gasteiger partial charge >= 0.3 is 0 Å². The zero-order valence-corrected chi connectivity index (χ0v) is 17.4. The first kappa shape index (κ1) is 21.7. The highest BCUT2D eigenvalue weighted by molar-refractivity contribution is 7.89. The summed E-state index contributed by atoms with van der Waals surface area (Å²) >= 11 is 0. The molecule has 2 aromatic carbocycles. The number of nitrogens with zero attached hydrogens (tertiary/aromatic N) is 1. The van der Waals surface area contributed by atoms with Crippen molar-refractivity contribution in [2.45, 2.75) is 24.7 Å². The second-order valence-electron chi connectivity index (χ2n) is 6.24. The Balaban J connectivity index is 2.14. The standard InChI is InChI=1S/C20H26N2O5S/c1-5-27-19-9-7-6-8-17(19)21-20(23)13-10-15-14-16(11-12-18(15)26-4)28(24,25)22(2)3/h6-9,11-12,14H,5,10,13H2,1-4H3,(H,21,23). The molecule has 152 valence electrons. The number of ether oxygens (including phenoxy) is 2. The van der Waals surface area contributed by atoms with Crippen LogP contribution in [0.3, 0.4) is 0 Å². The maximum Gasteiger partial charge on any atom is 0.242 e. The van der Waals surface area contributed by atoms with Crippen LogP contribution in [0.1, 0.15) is 18.9 Å². The fourth-order valence-corrected chi connectivity index (χ4v) is 3.59. The fourth-order valence-electron chi connectivity index (χ4n) is 2.63. The van der Waals surface area contributed by atoms with E-state index in [0.29, 0.717) is 35.8 Å². The number of nitrogens with one attached hydrogen (secondary N) is 1. The number of rotatable bonds is 9. The summed E-state index contributed by atoms with van der Waals surface area (Å²) in [5.74, 6) is 0.949. The Morgan fingerprint density at radius 3 is 2.46 bits per heavy atom. The van der Waals surface area contributed by atoms with Crippen molar-refractivity contribution in [3.8, 4) is 11.5 Å². The van der Waals surface area contributed by atoms with Gasteiger partial charge in [0, 0.05) is 20.5 Å². The predicted octanol–water partition coefficient (Wildman–Crippen LogP) is 2.92. The van der Waals surface area contributed by atoms with Crippen LogP contribution in [0.2, 0.25) is 0 Å². The molecule has 0 spiro atoms. The highest BCUT2D eigenvalue weighted by Gasteiger charge is 2.19. The van der Waals surface area contributed by atoms with E-state index in [1.807, 2.05) is 19.1 Å². The monoisotopic (exact) mass is 406 g/mol. The molecular weight excluding hydrogens is 380 g/mol. The van der Waals surface area contributed by atoms with Crippen LogP contribution >= 0.6 is 0 Å². The van der Waals surface area contributed by atoms with Crippen molar-refractivity contribution in [1.29, 1.82) is 0 Å². The van der Waals surface area contributed by atoms with E-state index in [0.717, 1.165) is 4.31 Å². The van der Waals surface area contributed by atoms with Crippen LogP contribution in [0.4, 0.5) is 5.69 Å². The van der Waals surface area contributed by atoms with E-state index in [1.54, 1.807) is 24.3 Å². The van der Waals surface area contributed by atoms with Crippen molar-refractivity contribution < 1.29 is 22.7 Å². The molecule has 0 saturated carbocycles. The zero-order chi connectivity index (χ0) is 20.7. The Bertz CT molecular complexity index is 926. The SMILES string of the molecule is CCOc1ccccc1NC(=O)CCc1cc(S(=O)(=O)N(C)C)ccc1OC. The van der Waals surface area contributed by atoms with E-state index in [1.165, 1.54) is 27.3 Å². The second-order valence-corrected chi connectivity index (χ2v) is 8.39. The van der Waals surface area contributed by atoms with Crippen molar-refractivity contribution in [2.75, 3.05) is 33.1 Å². The summed E-state index contributed by atoms with van der Waals surface area (Å²) in [4.78, 5) is 12.6. The Labute approximate surface area is 166 Å². The number of hydrogen-bond donors (Lipinski definition) is 1. The van der Waals surface area contributed by atoms with Gasteiger partial charge in [0.25, 0.3) is 0 Å². The molecular formula is C20H26N2O5S. The first-order valence-electron chi connectivity index (χ1n) is 8.90. The van der Waals surface area contributed by atoms with Crippen molar-refractivity contribution in [3.05, 3.63) is 48.0 Å². The topological polar surface area (TPSA) is 84.9 Å². The molecule has 0 aliphatic heterocycles. The van der Waals surface area contributed by atoms with Crippen LogP contribution in [0.25, 0.3) is 0 Å². The molecule has 1 amide bonds. The van der Waals surface area contributed by atoms with Gasteiger partial charge in [-0.15, -0.1) is 0 Å². The molecule has 0 heterocycles. The molecule has 7 nitrogen and oxygen atoms in total. The van der Waals surface area contributed by atoms with E-state index < -0.39 is 10.0 Å². The summed E-state index contributed by atoms with van der Waals surface area (Å²) in [6.45, 7) is 2.37. The average molecular weight is 407 g/mol. The van der Waals surface area contributed by atoms with E-state index in [-0.39, 0.29) is 17.2 Å². The average Bonchev–Trinajstić information content (AvgIpc) is 2.67. The molecule has 2 aromatic rings. The minimum atomic E-state index is -3.56. The Morgan fingerprint density at radius 2 is 1.82 bits per heavy atom. The van der Waals surface area contributed by atoms with Crippen molar-refractivity contribution >= 4 is 21.6 Å². The first-order valence-corrected chi connectivity index (χ1v) is 10.3. The largest absolute Gasteiger partial charge is 0.496 e. The van der Waals surface area contributed by atoms with Crippen LogP contribution in [-0.4, -0.2) is 46.4 Å². The Hall–Kier alpha value is -2.58. The van der Waals surface area contributed by atoms with Crippen LogP contribution in [0.15, 0.2) is 47.4 Å². The number of aryl methyl sites for hydroxylation is 1.